The number of hydrogen-bond donors (Lipinski definition) is 2. The van der Waals surface area contributed by atoms with Crippen molar-refractivity contribution < 1.29 is 14.6 Å². The fraction of sp³-hybridized carbons (Fsp3) is 0.650. The van der Waals surface area contributed by atoms with Gasteiger partial charge in [0.1, 0.15) is 5.75 Å². The first-order valence-corrected chi connectivity index (χ1v) is 9.29. The molecule has 0 bridgehead atoms. The highest BCUT2D eigenvalue weighted by Crippen LogP contribution is 2.41. The number of nitrogens with zero attached hydrogens (tertiary/aromatic N) is 1. The summed E-state index contributed by atoms with van der Waals surface area (Å²) in [6.07, 6.45) is 4.40. The number of methoxy groups -OCH3 is 1. The first-order chi connectivity index (χ1) is 12.0. The van der Waals surface area contributed by atoms with Gasteiger partial charge in [0.05, 0.1) is 19.7 Å². The monoisotopic (exact) mass is 346 g/mol. The van der Waals surface area contributed by atoms with Crippen LogP contribution >= 0.6 is 0 Å². The summed E-state index contributed by atoms with van der Waals surface area (Å²) in [4.78, 5) is 14.8. The summed E-state index contributed by atoms with van der Waals surface area (Å²) in [5, 5.41) is 12.8. The molecular formula is C20H30N2O3. The molecule has 1 saturated carbocycles. The minimum atomic E-state index is -0.0790. The van der Waals surface area contributed by atoms with Gasteiger partial charge in [0.25, 0.3) is 0 Å². The Labute approximate surface area is 150 Å². The number of ether oxygens (including phenoxy) is 1. The van der Waals surface area contributed by atoms with Gasteiger partial charge in [-0.15, -0.1) is 0 Å². The van der Waals surface area contributed by atoms with Crippen LogP contribution in [0, 0.1) is 11.3 Å². The van der Waals surface area contributed by atoms with Crippen molar-refractivity contribution in [3.63, 3.8) is 0 Å². The summed E-state index contributed by atoms with van der Waals surface area (Å²) in [5.41, 5.74) is 1.07. The van der Waals surface area contributed by atoms with Crippen molar-refractivity contribution >= 4 is 5.91 Å². The lowest BCUT2D eigenvalue weighted by Gasteiger charge is -2.39. The molecule has 2 N–H and O–H groups in total. The number of carbonyl (C=O) groups is 1. The van der Waals surface area contributed by atoms with E-state index in [1.807, 2.05) is 24.3 Å². The summed E-state index contributed by atoms with van der Waals surface area (Å²) in [6.45, 7) is 4.41. The fourth-order valence-corrected chi connectivity index (χ4v) is 3.83. The molecule has 2 fully saturated rings. The Balaban J connectivity index is 1.59. The second-order valence-corrected chi connectivity index (χ2v) is 7.94. The predicted molar refractivity (Wildman–Crippen MR) is 97.5 cm³/mol. The first kappa shape index (κ1) is 18.2. The van der Waals surface area contributed by atoms with Crippen molar-refractivity contribution in [3.05, 3.63) is 29.8 Å². The molecular weight excluding hydrogens is 316 g/mol. The van der Waals surface area contributed by atoms with Gasteiger partial charge >= 0.3 is 0 Å². The number of nitrogens with one attached hydrogen (secondary N) is 1. The lowest BCUT2D eigenvalue weighted by Crippen LogP contribution is -2.48. The van der Waals surface area contributed by atoms with Gasteiger partial charge in [0, 0.05) is 18.6 Å². The molecule has 1 heterocycles. The third-order valence-electron chi connectivity index (χ3n) is 5.49. The summed E-state index contributed by atoms with van der Waals surface area (Å²) in [7, 11) is 1.66. The number of hydrogen-bond acceptors (Lipinski definition) is 4. The zero-order valence-corrected chi connectivity index (χ0v) is 15.3. The van der Waals surface area contributed by atoms with Crippen molar-refractivity contribution in [2.75, 3.05) is 33.4 Å². The lowest BCUT2D eigenvalue weighted by molar-refractivity contribution is -0.124. The van der Waals surface area contributed by atoms with E-state index in [0.717, 1.165) is 37.2 Å². The van der Waals surface area contributed by atoms with E-state index in [2.05, 4.69) is 17.1 Å². The van der Waals surface area contributed by atoms with Gasteiger partial charge in [-0.05, 0) is 55.8 Å². The van der Waals surface area contributed by atoms with Gasteiger partial charge in [0.2, 0.25) is 5.91 Å². The number of likely N-dealkylation sites (tertiary alicyclic amines) is 1. The number of amides is 1. The number of aliphatic hydroxyl groups excluding tert-OH is 1. The van der Waals surface area contributed by atoms with Crippen LogP contribution in [0.5, 0.6) is 5.75 Å². The second kappa shape index (κ2) is 7.75. The number of aliphatic hydroxyl groups is 1. The lowest BCUT2D eigenvalue weighted by atomic mass is 9.83. The zero-order valence-electron chi connectivity index (χ0n) is 15.3. The van der Waals surface area contributed by atoms with Crippen LogP contribution in [0.15, 0.2) is 24.3 Å². The minimum absolute atomic E-state index is 0.0786. The van der Waals surface area contributed by atoms with E-state index < -0.39 is 0 Å². The molecule has 5 nitrogen and oxygen atoms in total. The Hall–Kier alpha value is -1.59. The number of benzene rings is 1. The van der Waals surface area contributed by atoms with E-state index in [1.165, 1.54) is 12.8 Å². The molecule has 0 radical (unpaired) electrons. The SMILES string of the molecule is COc1ccc(C(NC(=O)CN2CCCC(C)(CO)C2)C2CC2)cc1. The van der Waals surface area contributed by atoms with Gasteiger partial charge < -0.3 is 15.2 Å². The summed E-state index contributed by atoms with van der Waals surface area (Å²) < 4.78 is 5.22. The van der Waals surface area contributed by atoms with Crippen LogP contribution in [0.3, 0.4) is 0 Å². The normalized spacial score (nSPS) is 25.4. The van der Waals surface area contributed by atoms with Gasteiger partial charge in [0.15, 0.2) is 0 Å². The van der Waals surface area contributed by atoms with Crippen LogP contribution in [0.1, 0.15) is 44.2 Å². The van der Waals surface area contributed by atoms with Gasteiger partial charge in [-0.25, -0.2) is 0 Å². The molecule has 1 aliphatic carbocycles. The Kier molecular flexibility index (Phi) is 5.64. The quantitative estimate of drug-likeness (QED) is 0.796. The Morgan fingerprint density at radius 2 is 2.12 bits per heavy atom. The maximum Gasteiger partial charge on any atom is 0.234 e. The largest absolute Gasteiger partial charge is 0.497 e. The average molecular weight is 346 g/mol. The molecule has 2 atom stereocenters. The van der Waals surface area contributed by atoms with E-state index in [1.54, 1.807) is 7.11 Å². The molecule has 1 aromatic carbocycles. The van der Waals surface area contributed by atoms with Crippen LogP contribution in [-0.2, 0) is 4.79 Å². The molecule has 3 rings (SSSR count). The Bertz CT molecular complexity index is 585. The Morgan fingerprint density at radius 1 is 1.40 bits per heavy atom. The van der Waals surface area contributed by atoms with Crippen LogP contribution in [0.4, 0.5) is 0 Å². The third kappa shape index (κ3) is 4.73. The standard InChI is InChI=1S/C20H30N2O3/c1-20(14-23)10-3-11-22(13-20)12-18(24)21-19(15-4-5-15)16-6-8-17(25-2)9-7-16/h6-9,15,19,23H,3-5,10-14H2,1-2H3,(H,21,24). The molecule has 0 aromatic heterocycles. The summed E-state index contributed by atoms with van der Waals surface area (Å²) in [5.74, 6) is 1.46. The topological polar surface area (TPSA) is 61.8 Å². The third-order valence-corrected chi connectivity index (χ3v) is 5.49. The van der Waals surface area contributed by atoms with E-state index in [4.69, 9.17) is 4.74 Å². The van der Waals surface area contributed by atoms with Crippen LogP contribution in [-0.4, -0.2) is 49.3 Å². The second-order valence-electron chi connectivity index (χ2n) is 7.94. The zero-order chi connectivity index (χ0) is 17.9. The highest BCUT2D eigenvalue weighted by molar-refractivity contribution is 5.78. The van der Waals surface area contributed by atoms with Crippen LogP contribution in [0.2, 0.25) is 0 Å². The maximum atomic E-state index is 12.6. The molecule has 1 aromatic rings. The minimum Gasteiger partial charge on any atom is -0.497 e. The van der Waals surface area contributed by atoms with Crippen molar-refractivity contribution in [2.45, 2.75) is 38.6 Å². The number of rotatable bonds is 7. The summed E-state index contributed by atoms with van der Waals surface area (Å²) >= 11 is 0. The maximum absolute atomic E-state index is 12.6. The molecule has 2 aliphatic rings. The first-order valence-electron chi connectivity index (χ1n) is 9.29. The van der Waals surface area contributed by atoms with Gasteiger partial charge in [-0.1, -0.05) is 19.1 Å². The van der Waals surface area contributed by atoms with E-state index in [-0.39, 0.29) is 24.0 Å². The number of piperidine rings is 1. The van der Waals surface area contributed by atoms with Crippen molar-refractivity contribution in [2.24, 2.45) is 11.3 Å². The van der Waals surface area contributed by atoms with E-state index >= 15 is 0 Å². The van der Waals surface area contributed by atoms with Gasteiger partial charge in [-0.2, -0.15) is 0 Å². The molecule has 2 unspecified atom stereocenters. The van der Waals surface area contributed by atoms with Gasteiger partial charge in [-0.3, -0.25) is 9.69 Å². The predicted octanol–water partition coefficient (Wildman–Crippen LogP) is 2.36. The van der Waals surface area contributed by atoms with Crippen molar-refractivity contribution in [1.82, 2.24) is 10.2 Å². The van der Waals surface area contributed by atoms with Crippen LogP contribution < -0.4 is 10.1 Å². The molecule has 5 heteroatoms. The molecule has 25 heavy (non-hydrogen) atoms. The summed E-state index contributed by atoms with van der Waals surface area (Å²) in [6, 6.07) is 8.09. The molecule has 138 valence electrons. The van der Waals surface area contributed by atoms with Crippen LogP contribution in [0.25, 0.3) is 0 Å². The molecule has 1 saturated heterocycles. The smallest absolute Gasteiger partial charge is 0.234 e. The van der Waals surface area contributed by atoms with Crippen molar-refractivity contribution in [3.8, 4) is 5.75 Å². The average Bonchev–Trinajstić information content (AvgIpc) is 3.45. The Morgan fingerprint density at radius 3 is 2.72 bits per heavy atom. The van der Waals surface area contributed by atoms with Crippen molar-refractivity contribution in [1.29, 1.82) is 0 Å². The highest BCUT2D eigenvalue weighted by atomic mass is 16.5. The molecule has 0 spiro atoms. The number of carbonyl (C=O) groups excluding carboxylic acids is 1. The van der Waals surface area contributed by atoms with E-state index in [0.29, 0.717) is 12.5 Å². The molecule has 1 amide bonds. The van der Waals surface area contributed by atoms with E-state index in [9.17, 15) is 9.90 Å². The fourth-order valence-electron chi connectivity index (χ4n) is 3.83. The highest BCUT2D eigenvalue weighted by Gasteiger charge is 2.35. The molecule has 1 aliphatic heterocycles.